The number of nitrogens with zero attached hydrogens (tertiary/aromatic N) is 3. The Hall–Kier alpha value is -2.55. The topological polar surface area (TPSA) is 91.2 Å². The van der Waals surface area contributed by atoms with Crippen LogP contribution in [0, 0.1) is 6.92 Å². The number of aromatic nitrogens is 3. The Balaban J connectivity index is 2.11. The summed E-state index contributed by atoms with van der Waals surface area (Å²) in [5.74, 6) is 0.505. The smallest absolute Gasteiger partial charge is 0.264 e. The molecule has 7 nitrogen and oxygen atoms in total. The molecule has 0 bridgehead atoms. The first-order valence-electron chi connectivity index (χ1n) is 7.91. The lowest BCUT2D eigenvalue weighted by Gasteiger charge is -2.14. The van der Waals surface area contributed by atoms with Crippen LogP contribution in [0.3, 0.4) is 0 Å². The number of halogens is 1. The minimum atomic E-state index is -3.66. The number of carbonyl (C=O) groups is 1. The first-order valence-corrected chi connectivity index (χ1v) is 10.1. The highest BCUT2D eigenvalue weighted by atomic mass is 35.5. The summed E-state index contributed by atoms with van der Waals surface area (Å²) < 4.78 is 29.0. The van der Waals surface area contributed by atoms with Crippen molar-refractivity contribution in [2.45, 2.75) is 13.5 Å². The summed E-state index contributed by atoms with van der Waals surface area (Å²) in [4.78, 5) is 13.0. The van der Waals surface area contributed by atoms with Crippen LogP contribution in [0.25, 0.3) is 5.69 Å². The second-order valence-electron chi connectivity index (χ2n) is 5.82. The fourth-order valence-corrected chi connectivity index (χ4v) is 3.09. The molecule has 3 rings (SSSR count). The maximum atomic E-state index is 13.0. The van der Waals surface area contributed by atoms with E-state index in [1.54, 1.807) is 54.0 Å². The molecule has 0 fully saturated rings. The SMILES string of the molecule is Cc1nnc(COS(C)(=O)=O)n1-c1ccc(Cl)cc1C(=O)c1ccccc1. The molecule has 0 saturated carbocycles. The van der Waals surface area contributed by atoms with Gasteiger partial charge < -0.3 is 0 Å². The Morgan fingerprint density at radius 1 is 1.15 bits per heavy atom. The number of rotatable bonds is 6. The maximum absolute atomic E-state index is 13.0. The molecule has 0 radical (unpaired) electrons. The molecule has 0 amide bonds. The molecule has 0 N–H and O–H groups in total. The van der Waals surface area contributed by atoms with Crippen molar-refractivity contribution in [3.05, 3.63) is 76.3 Å². The molecule has 0 aliphatic rings. The minimum Gasteiger partial charge on any atom is -0.289 e. The lowest BCUT2D eigenvalue weighted by molar-refractivity contribution is 0.103. The van der Waals surface area contributed by atoms with Crippen LogP contribution in [0.2, 0.25) is 5.02 Å². The van der Waals surface area contributed by atoms with E-state index in [9.17, 15) is 13.2 Å². The van der Waals surface area contributed by atoms with Crippen molar-refractivity contribution in [2.75, 3.05) is 6.26 Å². The zero-order valence-electron chi connectivity index (χ0n) is 14.6. The quantitative estimate of drug-likeness (QED) is 0.462. The van der Waals surface area contributed by atoms with E-state index < -0.39 is 10.1 Å². The summed E-state index contributed by atoms with van der Waals surface area (Å²) in [6.45, 7) is 1.39. The van der Waals surface area contributed by atoms with Crippen molar-refractivity contribution in [1.82, 2.24) is 14.8 Å². The van der Waals surface area contributed by atoms with Crippen molar-refractivity contribution >= 4 is 27.5 Å². The van der Waals surface area contributed by atoms with E-state index in [4.69, 9.17) is 15.8 Å². The highest BCUT2D eigenvalue weighted by Crippen LogP contribution is 2.25. The van der Waals surface area contributed by atoms with Crippen LogP contribution in [0.5, 0.6) is 0 Å². The summed E-state index contributed by atoms with van der Waals surface area (Å²) in [5.41, 5.74) is 1.33. The van der Waals surface area contributed by atoms with Crippen molar-refractivity contribution in [3.63, 3.8) is 0 Å². The Morgan fingerprint density at radius 3 is 2.52 bits per heavy atom. The minimum absolute atomic E-state index is 0.226. The first-order chi connectivity index (χ1) is 12.8. The molecule has 140 valence electrons. The summed E-state index contributed by atoms with van der Waals surface area (Å²) in [7, 11) is -3.66. The fraction of sp³-hybridized carbons (Fsp3) is 0.167. The van der Waals surface area contributed by atoms with Gasteiger partial charge >= 0.3 is 0 Å². The summed E-state index contributed by atoms with van der Waals surface area (Å²) in [6.07, 6.45) is 0.952. The molecule has 0 unspecified atom stereocenters. The zero-order valence-corrected chi connectivity index (χ0v) is 16.2. The average Bonchev–Trinajstić information content (AvgIpc) is 3.00. The number of aryl methyl sites for hydroxylation is 1. The predicted octanol–water partition coefficient (Wildman–Crippen LogP) is 2.94. The molecule has 1 heterocycles. The summed E-state index contributed by atoms with van der Waals surface area (Å²) in [6, 6.07) is 13.6. The van der Waals surface area contributed by atoms with Crippen LogP contribution in [-0.2, 0) is 20.9 Å². The number of benzene rings is 2. The van der Waals surface area contributed by atoms with Gasteiger partial charge in [0.1, 0.15) is 12.4 Å². The van der Waals surface area contributed by atoms with E-state index in [0.717, 1.165) is 6.26 Å². The van der Waals surface area contributed by atoms with E-state index in [-0.39, 0.29) is 18.2 Å². The maximum Gasteiger partial charge on any atom is 0.264 e. The van der Waals surface area contributed by atoms with E-state index in [1.165, 1.54) is 0 Å². The van der Waals surface area contributed by atoms with Crippen molar-refractivity contribution < 1.29 is 17.4 Å². The third kappa shape index (κ3) is 4.41. The van der Waals surface area contributed by atoms with Gasteiger partial charge in [0, 0.05) is 16.1 Å². The van der Waals surface area contributed by atoms with Gasteiger partial charge in [-0.2, -0.15) is 8.42 Å². The van der Waals surface area contributed by atoms with E-state index in [0.29, 0.717) is 27.7 Å². The Bertz CT molecular complexity index is 1100. The van der Waals surface area contributed by atoms with Gasteiger partial charge in [-0.1, -0.05) is 41.9 Å². The number of ketones is 1. The Kier molecular flexibility index (Phi) is 5.41. The standard InChI is InChI=1S/C18H16ClN3O4S/c1-12-20-21-17(11-26-27(2,24)25)22(12)16-9-8-14(19)10-15(16)18(23)13-6-4-3-5-7-13/h3-10H,11H2,1-2H3. The van der Waals surface area contributed by atoms with Gasteiger partial charge in [0.15, 0.2) is 11.6 Å². The van der Waals surface area contributed by atoms with Gasteiger partial charge in [-0.25, -0.2) is 0 Å². The van der Waals surface area contributed by atoms with Gasteiger partial charge in [0.25, 0.3) is 10.1 Å². The molecule has 9 heteroatoms. The average molecular weight is 406 g/mol. The molecule has 27 heavy (non-hydrogen) atoms. The van der Waals surface area contributed by atoms with Gasteiger partial charge in [-0.05, 0) is 25.1 Å². The molecular weight excluding hydrogens is 390 g/mol. The highest BCUT2D eigenvalue weighted by Gasteiger charge is 2.20. The Morgan fingerprint density at radius 2 is 1.85 bits per heavy atom. The lowest BCUT2D eigenvalue weighted by Crippen LogP contribution is -2.13. The largest absolute Gasteiger partial charge is 0.289 e. The second kappa shape index (κ2) is 7.59. The van der Waals surface area contributed by atoms with Gasteiger partial charge in [-0.15, -0.1) is 10.2 Å². The van der Waals surface area contributed by atoms with Crippen molar-refractivity contribution in [3.8, 4) is 5.69 Å². The monoisotopic (exact) mass is 405 g/mol. The summed E-state index contributed by atoms with van der Waals surface area (Å²) in [5, 5.41) is 8.35. The molecule has 0 spiro atoms. The van der Waals surface area contributed by atoms with E-state index >= 15 is 0 Å². The molecular formula is C18H16ClN3O4S. The van der Waals surface area contributed by atoms with E-state index in [2.05, 4.69) is 10.2 Å². The first kappa shape index (κ1) is 19.2. The predicted molar refractivity (Wildman–Crippen MR) is 101 cm³/mol. The fourth-order valence-electron chi connectivity index (χ4n) is 2.60. The normalized spacial score (nSPS) is 11.5. The molecule has 1 aromatic heterocycles. The molecule has 2 aromatic carbocycles. The second-order valence-corrected chi connectivity index (χ2v) is 7.90. The molecule has 0 saturated heterocycles. The van der Waals surface area contributed by atoms with Crippen molar-refractivity contribution in [1.29, 1.82) is 0 Å². The highest BCUT2D eigenvalue weighted by molar-refractivity contribution is 7.85. The molecule has 0 aliphatic carbocycles. The Labute approximate surface area is 161 Å². The third-order valence-corrected chi connectivity index (χ3v) is 4.56. The lowest BCUT2D eigenvalue weighted by atomic mass is 10.0. The number of carbonyl (C=O) groups excluding carboxylic acids is 1. The number of hydrogen-bond acceptors (Lipinski definition) is 6. The van der Waals surface area contributed by atoms with Crippen LogP contribution < -0.4 is 0 Å². The van der Waals surface area contributed by atoms with Gasteiger partial charge in [-0.3, -0.25) is 13.5 Å². The molecule has 0 atom stereocenters. The van der Waals surface area contributed by atoms with Crippen LogP contribution in [0.1, 0.15) is 27.6 Å². The van der Waals surface area contributed by atoms with Crippen LogP contribution in [0.4, 0.5) is 0 Å². The zero-order chi connectivity index (χ0) is 19.6. The molecule has 3 aromatic rings. The van der Waals surface area contributed by atoms with Gasteiger partial charge in [0.05, 0.1) is 11.9 Å². The van der Waals surface area contributed by atoms with Crippen LogP contribution >= 0.6 is 11.6 Å². The summed E-state index contributed by atoms with van der Waals surface area (Å²) >= 11 is 6.11. The molecule has 0 aliphatic heterocycles. The van der Waals surface area contributed by atoms with Crippen molar-refractivity contribution in [2.24, 2.45) is 0 Å². The van der Waals surface area contributed by atoms with Crippen LogP contribution in [-0.4, -0.2) is 35.2 Å². The third-order valence-electron chi connectivity index (χ3n) is 3.77. The van der Waals surface area contributed by atoms with E-state index in [1.807, 2.05) is 6.07 Å². The number of hydrogen-bond donors (Lipinski definition) is 0. The van der Waals surface area contributed by atoms with Crippen LogP contribution in [0.15, 0.2) is 48.5 Å². The van der Waals surface area contributed by atoms with Gasteiger partial charge in [0.2, 0.25) is 0 Å².